The predicted octanol–water partition coefficient (Wildman–Crippen LogP) is 3.94. The van der Waals surface area contributed by atoms with Gasteiger partial charge < -0.3 is 4.74 Å². The number of ether oxygens (including phenoxy) is 1. The minimum Gasteiger partial charge on any atom is -0.495 e. The number of methoxy groups -OCH3 is 1. The van der Waals surface area contributed by atoms with E-state index in [1.807, 2.05) is 0 Å². The second-order valence-corrected chi connectivity index (χ2v) is 7.54. The van der Waals surface area contributed by atoms with E-state index in [0.29, 0.717) is 16.5 Å². The summed E-state index contributed by atoms with van der Waals surface area (Å²) in [6, 6.07) is 11.3. The maximum atomic E-state index is 12.5. The average molecular weight is 391 g/mol. The SMILES string of the molecule is COc1ccc(N(C)S(=O)(=O)c2ccc(Br)cc2)cc1Cl. The van der Waals surface area contributed by atoms with Crippen molar-refractivity contribution in [3.8, 4) is 5.75 Å². The lowest BCUT2D eigenvalue weighted by molar-refractivity contribution is 0.415. The molecule has 0 aliphatic rings. The molecule has 112 valence electrons. The van der Waals surface area contributed by atoms with Crippen molar-refractivity contribution in [1.82, 2.24) is 0 Å². The molecule has 21 heavy (non-hydrogen) atoms. The predicted molar refractivity (Wildman–Crippen MR) is 87.7 cm³/mol. The van der Waals surface area contributed by atoms with Crippen LogP contribution in [0.3, 0.4) is 0 Å². The van der Waals surface area contributed by atoms with Crippen molar-refractivity contribution in [3.63, 3.8) is 0 Å². The highest BCUT2D eigenvalue weighted by Gasteiger charge is 2.21. The van der Waals surface area contributed by atoms with E-state index in [1.54, 1.807) is 42.5 Å². The van der Waals surface area contributed by atoms with Crippen molar-refractivity contribution in [2.45, 2.75) is 4.90 Å². The Hall–Kier alpha value is -1.24. The lowest BCUT2D eigenvalue weighted by Crippen LogP contribution is -2.26. The molecule has 4 nitrogen and oxygen atoms in total. The van der Waals surface area contributed by atoms with Crippen molar-refractivity contribution < 1.29 is 13.2 Å². The number of nitrogens with zero attached hydrogens (tertiary/aromatic N) is 1. The molecule has 0 fully saturated rings. The van der Waals surface area contributed by atoms with Gasteiger partial charge in [-0.15, -0.1) is 0 Å². The van der Waals surface area contributed by atoms with E-state index in [9.17, 15) is 8.42 Å². The molecule has 2 aromatic rings. The van der Waals surface area contributed by atoms with Gasteiger partial charge in [-0.05, 0) is 42.5 Å². The van der Waals surface area contributed by atoms with Gasteiger partial charge in [-0.2, -0.15) is 0 Å². The maximum absolute atomic E-state index is 12.5. The summed E-state index contributed by atoms with van der Waals surface area (Å²) in [5, 5.41) is 0.354. The average Bonchev–Trinajstić information content (AvgIpc) is 2.46. The number of rotatable bonds is 4. The molecule has 0 atom stereocenters. The van der Waals surface area contributed by atoms with Gasteiger partial charge in [-0.3, -0.25) is 4.31 Å². The van der Waals surface area contributed by atoms with Crippen LogP contribution in [0.25, 0.3) is 0 Å². The van der Waals surface area contributed by atoms with Crippen LogP contribution in [0, 0.1) is 0 Å². The molecule has 0 N–H and O–H groups in total. The minimum absolute atomic E-state index is 0.208. The Morgan fingerprint density at radius 1 is 1.14 bits per heavy atom. The molecule has 2 aromatic carbocycles. The Morgan fingerprint density at radius 2 is 1.76 bits per heavy atom. The lowest BCUT2D eigenvalue weighted by atomic mass is 10.3. The number of sulfonamides is 1. The molecular weight excluding hydrogens is 378 g/mol. The van der Waals surface area contributed by atoms with Gasteiger partial charge >= 0.3 is 0 Å². The summed E-state index contributed by atoms with van der Waals surface area (Å²) in [7, 11) is -0.647. The van der Waals surface area contributed by atoms with Gasteiger partial charge in [-0.1, -0.05) is 27.5 Å². The third-order valence-corrected chi connectivity index (χ3v) is 5.59. The van der Waals surface area contributed by atoms with Gasteiger partial charge in [0.1, 0.15) is 5.75 Å². The molecule has 0 aliphatic carbocycles. The van der Waals surface area contributed by atoms with E-state index in [4.69, 9.17) is 16.3 Å². The Kier molecular flexibility index (Phi) is 4.81. The van der Waals surface area contributed by atoms with Gasteiger partial charge in [0.2, 0.25) is 0 Å². The van der Waals surface area contributed by atoms with Crippen LogP contribution in [-0.2, 0) is 10.0 Å². The largest absolute Gasteiger partial charge is 0.495 e. The first-order valence-corrected chi connectivity index (χ1v) is 8.55. The van der Waals surface area contributed by atoms with E-state index in [-0.39, 0.29) is 4.90 Å². The molecule has 0 amide bonds. The Morgan fingerprint density at radius 3 is 2.29 bits per heavy atom. The number of hydrogen-bond donors (Lipinski definition) is 0. The number of halogens is 2. The summed E-state index contributed by atoms with van der Waals surface area (Å²) in [5.41, 5.74) is 0.462. The first kappa shape index (κ1) is 16.1. The smallest absolute Gasteiger partial charge is 0.264 e. The van der Waals surface area contributed by atoms with E-state index < -0.39 is 10.0 Å². The zero-order valence-electron chi connectivity index (χ0n) is 11.4. The highest BCUT2D eigenvalue weighted by atomic mass is 79.9. The second kappa shape index (κ2) is 6.25. The summed E-state index contributed by atoms with van der Waals surface area (Å²) in [5.74, 6) is 0.495. The van der Waals surface area contributed by atoms with Crippen LogP contribution < -0.4 is 9.04 Å². The number of benzene rings is 2. The fraction of sp³-hybridized carbons (Fsp3) is 0.143. The van der Waals surface area contributed by atoms with Crippen LogP contribution in [0.15, 0.2) is 51.8 Å². The molecule has 0 radical (unpaired) electrons. The second-order valence-electron chi connectivity index (χ2n) is 4.25. The van der Waals surface area contributed by atoms with Crippen molar-refractivity contribution in [2.24, 2.45) is 0 Å². The van der Waals surface area contributed by atoms with Crippen molar-refractivity contribution in [2.75, 3.05) is 18.5 Å². The van der Waals surface area contributed by atoms with Gasteiger partial charge in [0, 0.05) is 11.5 Å². The number of anilines is 1. The molecule has 0 aliphatic heterocycles. The van der Waals surface area contributed by atoms with E-state index in [2.05, 4.69) is 15.9 Å². The van der Waals surface area contributed by atoms with Gasteiger partial charge in [0.25, 0.3) is 10.0 Å². The van der Waals surface area contributed by atoms with E-state index in [1.165, 1.54) is 18.5 Å². The highest BCUT2D eigenvalue weighted by molar-refractivity contribution is 9.10. The molecular formula is C14H13BrClNO3S. The molecule has 0 unspecified atom stereocenters. The number of hydrogen-bond acceptors (Lipinski definition) is 3. The van der Waals surface area contributed by atoms with Crippen LogP contribution >= 0.6 is 27.5 Å². The topological polar surface area (TPSA) is 46.6 Å². The Balaban J connectivity index is 2.40. The molecule has 7 heteroatoms. The van der Waals surface area contributed by atoms with E-state index >= 15 is 0 Å². The zero-order valence-corrected chi connectivity index (χ0v) is 14.5. The monoisotopic (exact) mass is 389 g/mol. The fourth-order valence-corrected chi connectivity index (χ4v) is 3.46. The highest BCUT2D eigenvalue weighted by Crippen LogP contribution is 2.31. The van der Waals surface area contributed by atoms with Crippen molar-refractivity contribution in [1.29, 1.82) is 0 Å². The van der Waals surface area contributed by atoms with Crippen LogP contribution in [0.2, 0.25) is 5.02 Å². The molecule has 0 bridgehead atoms. The van der Waals surface area contributed by atoms with Crippen LogP contribution in [0.4, 0.5) is 5.69 Å². The van der Waals surface area contributed by atoms with Gasteiger partial charge in [0.05, 0.1) is 22.7 Å². The van der Waals surface area contributed by atoms with Crippen molar-refractivity contribution >= 4 is 43.2 Å². The quantitative estimate of drug-likeness (QED) is 0.794. The summed E-state index contributed by atoms with van der Waals surface area (Å²) < 4.78 is 32.1. The fourth-order valence-electron chi connectivity index (χ4n) is 1.75. The standard InChI is InChI=1S/C14H13BrClNO3S/c1-17(11-5-8-14(20-2)13(16)9-11)21(18,19)12-6-3-10(15)4-7-12/h3-9H,1-2H3. The minimum atomic E-state index is -3.63. The summed E-state index contributed by atoms with van der Waals surface area (Å²) >= 11 is 9.32. The lowest BCUT2D eigenvalue weighted by Gasteiger charge is -2.20. The van der Waals surface area contributed by atoms with Gasteiger partial charge in [0.15, 0.2) is 0 Å². The molecule has 0 aromatic heterocycles. The Labute approximate surface area is 137 Å². The van der Waals surface area contributed by atoms with Crippen LogP contribution in [-0.4, -0.2) is 22.6 Å². The summed E-state index contributed by atoms with van der Waals surface area (Å²) in [6.45, 7) is 0. The van der Waals surface area contributed by atoms with Gasteiger partial charge in [-0.25, -0.2) is 8.42 Å². The van der Waals surface area contributed by atoms with Crippen molar-refractivity contribution in [3.05, 3.63) is 52.0 Å². The molecule has 2 rings (SSSR count). The van der Waals surface area contributed by atoms with Crippen LogP contribution in [0.1, 0.15) is 0 Å². The first-order chi connectivity index (χ1) is 9.86. The summed E-state index contributed by atoms with van der Waals surface area (Å²) in [6.07, 6.45) is 0. The third kappa shape index (κ3) is 3.33. The first-order valence-electron chi connectivity index (χ1n) is 5.94. The molecule has 0 heterocycles. The maximum Gasteiger partial charge on any atom is 0.264 e. The third-order valence-electron chi connectivity index (χ3n) is 2.97. The summed E-state index contributed by atoms with van der Waals surface area (Å²) in [4.78, 5) is 0.208. The zero-order chi connectivity index (χ0) is 15.6. The molecule has 0 spiro atoms. The normalized spacial score (nSPS) is 11.2. The molecule has 0 saturated heterocycles. The molecule has 0 saturated carbocycles. The Bertz CT molecular complexity index is 747. The van der Waals surface area contributed by atoms with Crippen LogP contribution in [0.5, 0.6) is 5.75 Å². The van der Waals surface area contributed by atoms with E-state index in [0.717, 1.165) is 4.47 Å².